The number of nitrogens with one attached hydrogen (secondary N) is 1. The number of pyridine rings is 1. The minimum Gasteiger partial charge on any atom is -0.286 e. The van der Waals surface area contributed by atoms with Crippen molar-refractivity contribution in [2.75, 3.05) is 5.73 Å². The first-order valence-electron chi connectivity index (χ1n) is 9.31. The molecule has 2 aromatic carbocycles. The van der Waals surface area contributed by atoms with E-state index in [-0.39, 0.29) is 11.2 Å². The quantitative estimate of drug-likeness (QED) is 0.619. The highest BCUT2D eigenvalue weighted by Gasteiger charge is 2.23. The number of hydrogen-bond donors (Lipinski definition) is 1. The Hall–Kier alpha value is -3.28. The topological polar surface area (TPSA) is 87.7 Å². The Morgan fingerprint density at radius 1 is 0.931 bits per heavy atom. The van der Waals surface area contributed by atoms with Gasteiger partial charge in [0.1, 0.15) is 23.3 Å². The zero-order valence-corrected chi connectivity index (χ0v) is 17.6. The van der Waals surface area contributed by atoms with Crippen LogP contribution in [0.3, 0.4) is 0 Å². The second kappa shape index (κ2) is 8.39. The number of H-pyrrole nitrogens is 1. The van der Waals surface area contributed by atoms with Crippen molar-refractivity contribution in [1.82, 2.24) is 0 Å². The molecule has 1 aromatic heterocycles. The summed E-state index contributed by atoms with van der Waals surface area (Å²) >= 11 is 1.51. The number of nitrogens with two attached hydrogens (primary N) is 1. The molecule has 0 atom stereocenters. The molecule has 3 rings (SSSR count). The number of anilines is 1. The average molecular weight is 400 g/mol. The van der Waals surface area contributed by atoms with Crippen LogP contribution in [0.2, 0.25) is 0 Å². The van der Waals surface area contributed by atoms with E-state index in [1.54, 1.807) is 0 Å². The zero-order chi connectivity index (χ0) is 21.0. The van der Waals surface area contributed by atoms with Gasteiger partial charge in [-0.25, -0.2) is 4.98 Å². The van der Waals surface area contributed by atoms with Gasteiger partial charge in [-0.15, -0.1) is 0 Å². The van der Waals surface area contributed by atoms with E-state index in [0.717, 1.165) is 11.1 Å². The number of aromatic amines is 1. The Morgan fingerprint density at radius 2 is 1.55 bits per heavy atom. The fourth-order valence-corrected chi connectivity index (χ4v) is 4.08. The summed E-state index contributed by atoms with van der Waals surface area (Å²) in [5, 5.41) is 20.1. The summed E-state index contributed by atoms with van der Waals surface area (Å²) in [5.41, 5.74) is 10.8. The number of aromatic nitrogens is 1. The second-order valence-corrected chi connectivity index (χ2v) is 8.80. The molecule has 0 radical (unpaired) electrons. The fraction of sp³-hybridized carbons (Fsp3) is 0.208. The summed E-state index contributed by atoms with van der Waals surface area (Å²) in [6, 6.07) is 22.4. The molecule has 0 unspecified atom stereocenters. The highest BCUT2D eigenvalue weighted by Crippen LogP contribution is 2.34. The van der Waals surface area contributed by atoms with Gasteiger partial charge < -0.3 is 0 Å². The number of nitriles is 2. The van der Waals surface area contributed by atoms with Gasteiger partial charge in [0.2, 0.25) is 0 Å². The van der Waals surface area contributed by atoms with Crippen molar-refractivity contribution in [1.29, 1.82) is 10.5 Å². The number of nitrogen functional groups attached to an aromatic ring is 1. The normalized spacial score (nSPS) is 10.9. The van der Waals surface area contributed by atoms with Crippen LogP contribution in [0.25, 0.3) is 11.1 Å². The van der Waals surface area contributed by atoms with E-state index in [0.29, 0.717) is 27.5 Å². The van der Waals surface area contributed by atoms with Crippen LogP contribution in [0, 0.1) is 22.7 Å². The molecule has 0 saturated heterocycles. The van der Waals surface area contributed by atoms with E-state index in [9.17, 15) is 10.5 Å². The van der Waals surface area contributed by atoms with Crippen LogP contribution in [0.15, 0.2) is 59.6 Å². The van der Waals surface area contributed by atoms with Crippen LogP contribution in [0.1, 0.15) is 43.0 Å². The van der Waals surface area contributed by atoms with E-state index in [1.165, 1.54) is 17.3 Å². The molecule has 4 nitrogen and oxygen atoms in total. The first kappa shape index (κ1) is 20.5. The Labute approximate surface area is 176 Å². The number of rotatable bonds is 4. The zero-order valence-electron chi connectivity index (χ0n) is 16.8. The average Bonchev–Trinajstić information content (AvgIpc) is 2.72. The van der Waals surface area contributed by atoms with Gasteiger partial charge in [-0.1, -0.05) is 87.1 Å². The molecule has 0 bridgehead atoms. The molecular formula is C24H23N4S+. The summed E-state index contributed by atoms with van der Waals surface area (Å²) in [5.74, 6) is 0.964. The summed E-state index contributed by atoms with van der Waals surface area (Å²) in [6.07, 6.45) is 0. The molecule has 144 valence electrons. The first-order chi connectivity index (χ1) is 13.8. The number of benzene rings is 2. The molecule has 0 spiro atoms. The monoisotopic (exact) mass is 399 g/mol. The molecule has 0 saturated carbocycles. The van der Waals surface area contributed by atoms with E-state index in [2.05, 4.69) is 62.2 Å². The van der Waals surface area contributed by atoms with Crippen LogP contribution in [0.5, 0.6) is 0 Å². The SMILES string of the molecule is CC(C)(C)c1ccc(CSc2[nH+]c(N)c(C#N)c(-c3ccccc3)c2C#N)cc1. The van der Waals surface area contributed by atoms with Gasteiger partial charge in [0.05, 0.1) is 0 Å². The number of hydrogen-bond acceptors (Lipinski definition) is 4. The predicted octanol–water partition coefficient (Wildman–Crippen LogP) is 5.08. The third kappa shape index (κ3) is 4.42. The molecule has 1 heterocycles. The second-order valence-electron chi connectivity index (χ2n) is 7.82. The van der Waals surface area contributed by atoms with E-state index < -0.39 is 0 Å². The summed E-state index contributed by atoms with van der Waals surface area (Å²) in [4.78, 5) is 3.06. The molecular weight excluding hydrogens is 376 g/mol. The van der Waals surface area contributed by atoms with E-state index in [1.807, 2.05) is 30.3 Å². The maximum absolute atomic E-state index is 9.86. The van der Waals surface area contributed by atoms with Crippen LogP contribution in [-0.4, -0.2) is 0 Å². The van der Waals surface area contributed by atoms with E-state index >= 15 is 0 Å². The largest absolute Gasteiger partial charge is 0.289 e. The lowest BCUT2D eigenvalue weighted by atomic mass is 9.87. The third-order valence-corrected chi connectivity index (χ3v) is 5.81. The van der Waals surface area contributed by atoms with Gasteiger partial charge in [-0.05, 0) is 22.1 Å². The van der Waals surface area contributed by atoms with Gasteiger partial charge in [-0.2, -0.15) is 10.5 Å². The predicted molar refractivity (Wildman–Crippen MR) is 117 cm³/mol. The lowest BCUT2D eigenvalue weighted by molar-refractivity contribution is -0.410. The molecule has 0 amide bonds. The fourth-order valence-electron chi connectivity index (χ4n) is 3.10. The summed E-state index contributed by atoms with van der Waals surface area (Å²) < 4.78 is 0. The minimum atomic E-state index is 0.111. The van der Waals surface area contributed by atoms with Crippen LogP contribution < -0.4 is 10.7 Å². The molecule has 0 aliphatic carbocycles. The summed E-state index contributed by atoms with van der Waals surface area (Å²) in [7, 11) is 0. The molecule has 0 fully saturated rings. The van der Waals surface area contributed by atoms with Crippen molar-refractivity contribution < 1.29 is 4.98 Å². The van der Waals surface area contributed by atoms with Crippen LogP contribution >= 0.6 is 11.8 Å². The van der Waals surface area contributed by atoms with Crippen molar-refractivity contribution >= 4 is 17.6 Å². The van der Waals surface area contributed by atoms with Crippen molar-refractivity contribution in [2.45, 2.75) is 37.0 Å². The minimum absolute atomic E-state index is 0.111. The smallest absolute Gasteiger partial charge is 0.286 e. The number of thioether (sulfide) groups is 1. The van der Waals surface area contributed by atoms with Crippen molar-refractivity contribution in [3.05, 3.63) is 76.9 Å². The molecule has 0 aliphatic rings. The maximum atomic E-state index is 9.86. The van der Waals surface area contributed by atoms with Gasteiger partial charge in [-0.3, -0.25) is 5.73 Å². The highest BCUT2D eigenvalue weighted by molar-refractivity contribution is 7.98. The maximum Gasteiger partial charge on any atom is 0.289 e. The van der Waals surface area contributed by atoms with Crippen molar-refractivity contribution in [3.8, 4) is 23.3 Å². The third-order valence-electron chi connectivity index (χ3n) is 4.73. The molecule has 3 N–H and O–H groups in total. The van der Waals surface area contributed by atoms with Crippen LogP contribution in [-0.2, 0) is 11.2 Å². The lowest BCUT2D eigenvalue weighted by Gasteiger charge is -2.19. The van der Waals surface area contributed by atoms with Crippen molar-refractivity contribution in [3.63, 3.8) is 0 Å². The summed E-state index contributed by atoms with van der Waals surface area (Å²) in [6.45, 7) is 6.57. The molecule has 3 aromatic rings. The van der Waals surface area contributed by atoms with Crippen LogP contribution in [0.4, 0.5) is 5.82 Å². The van der Waals surface area contributed by atoms with Gasteiger partial charge in [0.15, 0.2) is 5.03 Å². The standard InChI is InChI=1S/C24H22N4S/c1-24(2,3)18-11-9-16(10-12-18)15-29-23-20(14-26)21(17-7-5-4-6-8-17)19(13-25)22(27)28-23/h4-12H,15H2,1-3H3,(H2,27,28)/p+1. The van der Waals surface area contributed by atoms with Crippen molar-refractivity contribution in [2.24, 2.45) is 0 Å². The molecule has 5 heteroatoms. The first-order valence-corrected chi connectivity index (χ1v) is 10.3. The van der Waals surface area contributed by atoms with Gasteiger partial charge in [0, 0.05) is 11.3 Å². The number of nitrogens with zero attached hydrogens (tertiary/aromatic N) is 2. The Morgan fingerprint density at radius 3 is 2.10 bits per heavy atom. The Balaban J connectivity index is 1.97. The van der Waals surface area contributed by atoms with Gasteiger partial charge in [0.25, 0.3) is 5.82 Å². The lowest BCUT2D eigenvalue weighted by Crippen LogP contribution is -2.18. The Bertz CT molecular complexity index is 1100. The van der Waals surface area contributed by atoms with E-state index in [4.69, 9.17) is 5.73 Å². The molecule has 29 heavy (non-hydrogen) atoms. The molecule has 0 aliphatic heterocycles. The Kier molecular flexibility index (Phi) is 5.92. The van der Waals surface area contributed by atoms with Gasteiger partial charge >= 0.3 is 0 Å². The highest BCUT2D eigenvalue weighted by atomic mass is 32.2.